The van der Waals surface area contributed by atoms with E-state index < -0.39 is 0 Å². The van der Waals surface area contributed by atoms with Crippen LogP contribution in [0.2, 0.25) is 0 Å². The summed E-state index contributed by atoms with van der Waals surface area (Å²) in [5.74, 6) is 0.641. The summed E-state index contributed by atoms with van der Waals surface area (Å²) in [6.45, 7) is 8.59. The molecule has 3 heterocycles. The topological polar surface area (TPSA) is 66.6 Å². The zero-order valence-electron chi connectivity index (χ0n) is 14.3. The highest BCUT2D eigenvalue weighted by Crippen LogP contribution is 2.17. The molecule has 0 aromatic carbocycles. The Labute approximate surface area is 136 Å². The number of fused-ring (bicyclic) bond motifs is 1. The summed E-state index contributed by atoms with van der Waals surface area (Å²) in [7, 11) is 2.12. The zero-order valence-corrected chi connectivity index (χ0v) is 14.3. The predicted molar refractivity (Wildman–Crippen MR) is 87.5 cm³/mol. The summed E-state index contributed by atoms with van der Waals surface area (Å²) in [5.41, 5.74) is 1.81. The molecule has 124 valence electrons. The molecule has 1 aliphatic heterocycles. The minimum absolute atomic E-state index is 0.0930. The number of carbonyl (C=O) groups excluding carboxylic acids is 1. The highest BCUT2D eigenvalue weighted by atomic mass is 16.2. The van der Waals surface area contributed by atoms with Crippen LogP contribution >= 0.6 is 0 Å². The monoisotopic (exact) mass is 316 g/mol. The summed E-state index contributed by atoms with van der Waals surface area (Å²) < 4.78 is 1.64. The maximum Gasteiger partial charge on any atom is 0.293 e. The molecule has 0 aliphatic carbocycles. The van der Waals surface area contributed by atoms with Crippen molar-refractivity contribution in [2.24, 2.45) is 0 Å². The molecule has 2 aromatic heterocycles. The number of hydrogen-bond donors (Lipinski definition) is 0. The van der Waals surface area contributed by atoms with Crippen LogP contribution in [0.15, 0.2) is 6.07 Å². The summed E-state index contributed by atoms with van der Waals surface area (Å²) >= 11 is 0. The van der Waals surface area contributed by atoms with Gasteiger partial charge < -0.3 is 9.80 Å². The molecule has 0 atom stereocenters. The van der Waals surface area contributed by atoms with E-state index in [1.165, 1.54) is 0 Å². The Bertz CT molecular complexity index is 717. The molecule has 0 spiro atoms. The molecule has 1 fully saturated rings. The van der Waals surface area contributed by atoms with Gasteiger partial charge in [-0.15, -0.1) is 5.10 Å². The molecule has 0 saturated carbocycles. The number of aromatic nitrogens is 4. The maximum absolute atomic E-state index is 12.9. The number of rotatable bonds is 3. The number of carbonyl (C=O) groups is 1. The van der Waals surface area contributed by atoms with E-state index in [1.807, 2.05) is 31.7 Å². The molecule has 0 radical (unpaired) electrons. The Morgan fingerprint density at radius 2 is 2.00 bits per heavy atom. The number of likely N-dealkylation sites (tertiary alicyclic amines) is 1. The fraction of sp³-hybridized carbons (Fsp3) is 0.625. The summed E-state index contributed by atoms with van der Waals surface area (Å²) in [4.78, 5) is 25.8. The lowest BCUT2D eigenvalue weighted by Crippen LogP contribution is -2.46. The first-order valence-corrected chi connectivity index (χ1v) is 8.20. The molecule has 7 heteroatoms. The van der Waals surface area contributed by atoms with Gasteiger partial charge in [0.1, 0.15) is 0 Å². The first-order valence-electron chi connectivity index (χ1n) is 8.20. The molecule has 23 heavy (non-hydrogen) atoms. The third kappa shape index (κ3) is 3.06. The van der Waals surface area contributed by atoms with Crippen molar-refractivity contribution in [2.45, 2.75) is 39.7 Å². The number of nitrogens with zero attached hydrogens (tertiary/aromatic N) is 6. The molecule has 1 aliphatic rings. The van der Waals surface area contributed by atoms with Gasteiger partial charge in [0.05, 0.1) is 0 Å². The Hall–Kier alpha value is -2.02. The molecule has 1 amide bonds. The zero-order chi connectivity index (χ0) is 16.6. The van der Waals surface area contributed by atoms with E-state index in [0.29, 0.717) is 12.3 Å². The molecule has 0 bridgehead atoms. The highest BCUT2D eigenvalue weighted by molar-refractivity contribution is 5.91. The fourth-order valence-electron chi connectivity index (χ4n) is 3.26. The van der Waals surface area contributed by atoms with E-state index in [1.54, 1.807) is 4.52 Å². The van der Waals surface area contributed by atoms with E-state index >= 15 is 0 Å². The van der Waals surface area contributed by atoms with Gasteiger partial charge in [-0.05, 0) is 59.8 Å². The van der Waals surface area contributed by atoms with E-state index in [0.717, 1.165) is 37.3 Å². The van der Waals surface area contributed by atoms with Crippen molar-refractivity contribution in [1.82, 2.24) is 29.4 Å². The van der Waals surface area contributed by atoms with Crippen molar-refractivity contribution in [3.63, 3.8) is 0 Å². The van der Waals surface area contributed by atoms with E-state index in [-0.39, 0.29) is 17.8 Å². The van der Waals surface area contributed by atoms with Gasteiger partial charge in [-0.3, -0.25) is 4.79 Å². The second kappa shape index (κ2) is 6.23. The predicted octanol–water partition coefficient (Wildman–Crippen LogP) is 1.30. The van der Waals surface area contributed by atoms with Crippen LogP contribution in [0.4, 0.5) is 0 Å². The second-order valence-corrected chi connectivity index (χ2v) is 6.31. The van der Waals surface area contributed by atoms with Crippen LogP contribution < -0.4 is 0 Å². The van der Waals surface area contributed by atoms with Crippen LogP contribution in [-0.2, 0) is 0 Å². The molecule has 0 N–H and O–H groups in total. The van der Waals surface area contributed by atoms with Crippen molar-refractivity contribution in [3.8, 4) is 0 Å². The van der Waals surface area contributed by atoms with Gasteiger partial charge in [0.15, 0.2) is 0 Å². The van der Waals surface area contributed by atoms with E-state index in [2.05, 4.69) is 27.0 Å². The largest absolute Gasteiger partial charge is 0.333 e. The van der Waals surface area contributed by atoms with Gasteiger partial charge in [-0.2, -0.15) is 4.98 Å². The summed E-state index contributed by atoms with van der Waals surface area (Å²) in [6, 6.07) is 2.20. The standard InChI is InChI=1S/C16H24N6O/c1-5-21(13-6-8-20(4)9-7-13)15(23)14-18-16-17-11(2)10-12(3)22(16)19-14/h10,13H,5-9H2,1-4H3. The average Bonchev–Trinajstić information content (AvgIpc) is 2.94. The van der Waals surface area contributed by atoms with Crippen molar-refractivity contribution in [2.75, 3.05) is 26.7 Å². The van der Waals surface area contributed by atoms with Gasteiger partial charge in [0, 0.05) is 24.0 Å². The SMILES string of the molecule is CCN(C(=O)c1nc2nc(C)cc(C)n2n1)C1CCN(C)CC1. The second-order valence-electron chi connectivity index (χ2n) is 6.31. The van der Waals surface area contributed by atoms with E-state index in [9.17, 15) is 4.79 Å². The van der Waals surface area contributed by atoms with Crippen LogP contribution in [0.5, 0.6) is 0 Å². The van der Waals surface area contributed by atoms with Crippen LogP contribution in [-0.4, -0.2) is 68.0 Å². The van der Waals surface area contributed by atoms with Gasteiger partial charge in [0.25, 0.3) is 11.7 Å². The van der Waals surface area contributed by atoms with Gasteiger partial charge >= 0.3 is 0 Å². The summed E-state index contributed by atoms with van der Waals surface area (Å²) in [6.07, 6.45) is 2.00. The lowest BCUT2D eigenvalue weighted by Gasteiger charge is -2.36. The smallest absolute Gasteiger partial charge is 0.293 e. The third-order valence-electron chi connectivity index (χ3n) is 4.54. The lowest BCUT2D eigenvalue weighted by atomic mass is 10.0. The number of aryl methyl sites for hydroxylation is 2. The van der Waals surface area contributed by atoms with Crippen molar-refractivity contribution >= 4 is 11.7 Å². The highest BCUT2D eigenvalue weighted by Gasteiger charge is 2.29. The van der Waals surface area contributed by atoms with Gasteiger partial charge in [-0.1, -0.05) is 0 Å². The number of hydrogen-bond acceptors (Lipinski definition) is 5. The van der Waals surface area contributed by atoms with Crippen LogP contribution in [0.25, 0.3) is 5.78 Å². The van der Waals surface area contributed by atoms with Crippen LogP contribution in [0, 0.1) is 13.8 Å². The van der Waals surface area contributed by atoms with Gasteiger partial charge in [-0.25, -0.2) is 9.50 Å². The van der Waals surface area contributed by atoms with Gasteiger partial charge in [0.2, 0.25) is 5.82 Å². The average molecular weight is 316 g/mol. The number of piperidine rings is 1. The van der Waals surface area contributed by atoms with E-state index in [4.69, 9.17) is 0 Å². The normalized spacial score (nSPS) is 16.9. The third-order valence-corrected chi connectivity index (χ3v) is 4.54. The van der Waals surface area contributed by atoms with Crippen molar-refractivity contribution in [3.05, 3.63) is 23.3 Å². The molecular formula is C16H24N6O. The molecule has 3 rings (SSSR count). The fourth-order valence-corrected chi connectivity index (χ4v) is 3.26. The Morgan fingerprint density at radius 1 is 1.30 bits per heavy atom. The minimum Gasteiger partial charge on any atom is -0.333 e. The van der Waals surface area contributed by atoms with Crippen LogP contribution in [0.3, 0.4) is 0 Å². The quantitative estimate of drug-likeness (QED) is 0.854. The number of amides is 1. The molecule has 2 aromatic rings. The molecule has 0 unspecified atom stereocenters. The van der Waals surface area contributed by atoms with Crippen LogP contribution in [0.1, 0.15) is 41.8 Å². The Kier molecular flexibility index (Phi) is 4.30. The Balaban J connectivity index is 1.87. The minimum atomic E-state index is -0.0930. The first kappa shape index (κ1) is 15.9. The maximum atomic E-state index is 12.9. The lowest BCUT2D eigenvalue weighted by molar-refractivity contribution is 0.0594. The first-order chi connectivity index (χ1) is 11.0. The molecular weight excluding hydrogens is 292 g/mol. The van der Waals surface area contributed by atoms with Crippen molar-refractivity contribution < 1.29 is 4.79 Å². The molecule has 1 saturated heterocycles. The van der Waals surface area contributed by atoms with Crippen molar-refractivity contribution in [1.29, 1.82) is 0 Å². The molecule has 7 nitrogen and oxygen atoms in total. The summed E-state index contributed by atoms with van der Waals surface area (Å²) in [5, 5.41) is 4.37. The Morgan fingerprint density at radius 3 is 2.65 bits per heavy atom.